The molecule has 1 aliphatic heterocycles. The number of aryl methyl sites for hydroxylation is 1. The number of thiazole rings is 1. The average molecular weight is 407 g/mol. The fourth-order valence-corrected chi connectivity index (χ4v) is 4.44. The number of pyridine rings is 1. The zero-order chi connectivity index (χ0) is 20.1. The van der Waals surface area contributed by atoms with Crippen LogP contribution in [0.5, 0.6) is 0 Å². The summed E-state index contributed by atoms with van der Waals surface area (Å²) >= 11 is 1.64. The van der Waals surface area contributed by atoms with E-state index in [0.29, 0.717) is 18.5 Å². The number of carbonyl (C=O) groups is 1. The second-order valence-corrected chi connectivity index (χ2v) is 8.30. The number of hydrogen-bond acceptors (Lipinski definition) is 5. The number of anilines is 1. The molecule has 3 heterocycles. The Bertz CT molecular complexity index is 961. The van der Waals surface area contributed by atoms with Crippen molar-refractivity contribution in [2.24, 2.45) is 0 Å². The Kier molecular flexibility index (Phi) is 6.20. The summed E-state index contributed by atoms with van der Waals surface area (Å²) in [5.74, 6) is 0.743. The van der Waals surface area contributed by atoms with Crippen molar-refractivity contribution in [3.05, 3.63) is 64.8 Å². The quantitative estimate of drug-likeness (QED) is 0.656. The summed E-state index contributed by atoms with van der Waals surface area (Å²) in [5.41, 5.74) is 4.05. The Balaban J connectivity index is 1.35. The molecule has 0 bridgehead atoms. The predicted octanol–water partition coefficient (Wildman–Crippen LogP) is 4.48. The fraction of sp³-hybridized carbons (Fsp3) is 0.348. The Labute approximate surface area is 175 Å². The lowest BCUT2D eigenvalue weighted by Crippen LogP contribution is -2.34. The van der Waals surface area contributed by atoms with Crippen molar-refractivity contribution in [3.8, 4) is 10.6 Å². The van der Waals surface area contributed by atoms with E-state index in [-0.39, 0.29) is 5.91 Å². The third-order valence-electron chi connectivity index (χ3n) is 5.20. The van der Waals surface area contributed by atoms with Crippen molar-refractivity contribution < 1.29 is 4.79 Å². The predicted molar refractivity (Wildman–Crippen MR) is 119 cm³/mol. The molecule has 4 rings (SSSR count). The molecule has 150 valence electrons. The SMILES string of the molecule is Cc1ccc(-c2nc(CCNC(=O)c3cccnc3N3CCCCC3)cs2)cc1. The number of benzene rings is 1. The van der Waals surface area contributed by atoms with Gasteiger partial charge in [0.2, 0.25) is 0 Å². The second-order valence-electron chi connectivity index (χ2n) is 7.44. The van der Waals surface area contributed by atoms with Crippen LogP contribution in [-0.2, 0) is 6.42 Å². The molecule has 3 aromatic rings. The summed E-state index contributed by atoms with van der Waals surface area (Å²) < 4.78 is 0. The van der Waals surface area contributed by atoms with Gasteiger partial charge in [-0.15, -0.1) is 11.3 Å². The van der Waals surface area contributed by atoms with Gasteiger partial charge in [-0.05, 0) is 38.3 Å². The summed E-state index contributed by atoms with van der Waals surface area (Å²) in [6, 6.07) is 12.1. The highest BCUT2D eigenvalue weighted by molar-refractivity contribution is 7.13. The Morgan fingerprint density at radius 3 is 2.72 bits per heavy atom. The Morgan fingerprint density at radius 2 is 1.93 bits per heavy atom. The van der Waals surface area contributed by atoms with Gasteiger partial charge in [-0.2, -0.15) is 0 Å². The molecule has 0 radical (unpaired) electrons. The van der Waals surface area contributed by atoms with Gasteiger partial charge in [0.05, 0.1) is 11.3 Å². The van der Waals surface area contributed by atoms with Gasteiger partial charge in [0, 0.05) is 43.2 Å². The van der Waals surface area contributed by atoms with Crippen LogP contribution >= 0.6 is 11.3 Å². The monoisotopic (exact) mass is 406 g/mol. The smallest absolute Gasteiger partial charge is 0.255 e. The maximum atomic E-state index is 12.8. The Hall–Kier alpha value is -2.73. The van der Waals surface area contributed by atoms with E-state index >= 15 is 0 Å². The van der Waals surface area contributed by atoms with E-state index in [0.717, 1.165) is 48.0 Å². The van der Waals surface area contributed by atoms with Crippen molar-refractivity contribution in [2.45, 2.75) is 32.6 Å². The number of amides is 1. The summed E-state index contributed by atoms with van der Waals surface area (Å²) in [4.78, 5) is 24.2. The number of nitrogens with one attached hydrogen (secondary N) is 1. The summed E-state index contributed by atoms with van der Waals surface area (Å²) in [7, 11) is 0. The molecule has 0 atom stereocenters. The van der Waals surface area contributed by atoms with E-state index in [1.54, 1.807) is 17.5 Å². The number of piperidine rings is 1. The highest BCUT2D eigenvalue weighted by Crippen LogP contribution is 2.24. The van der Waals surface area contributed by atoms with Crippen LogP contribution in [0.15, 0.2) is 48.0 Å². The number of rotatable bonds is 6. The van der Waals surface area contributed by atoms with Crippen molar-refractivity contribution in [1.82, 2.24) is 15.3 Å². The largest absolute Gasteiger partial charge is 0.356 e. The van der Waals surface area contributed by atoms with Gasteiger partial charge in [-0.25, -0.2) is 9.97 Å². The summed E-state index contributed by atoms with van der Waals surface area (Å²) in [6.45, 7) is 4.58. The highest BCUT2D eigenvalue weighted by Gasteiger charge is 2.19. The van der Waals surface area contributed by atoms with Gasteiger partial charge < -0.3 is 10.2 Å². The van der Waals surface area contributed by atoms with Crippen LogP contribution in [0.2, 0.25) is 0 Å². The minimum Gasteiger partial charge on any atom is -0.356 e. The topological polar surface area (TPSA) is 58.1 Å². The molecule has 0 saturated carbocycles. The van der Waals surface area contributed by atoms with E-state index in [2.05, 4.69) is 51.8 Å². The van der Waals surface area contributed by atoms with Crippen molar-refractivity contribution in [1.29, 1.82) is 0 Å². The average Bonchev–Trinajstić information content (AvgIpc) is 3.24. The van der Waals surface area contributed by atoms with Gasteiger partial charge in [0.1, 0.15) is 10.8 Å². The Morgan fingerprint density at radius 1 is 1.14 bits per heavy atom. The van der Waals surface area contributed by atoms with Crippen LogP contribution in [0.4, 0.5) is 5.82 Å². The molecule has 5 nitrogen and oxygen atoms in total. The molecule has 1 aromatic carbocycles. The zero-order valence-corrected chi connectivity index (χ0v) is 17.5. The van der Waals surface area contributed by atoms with Gasteiger partial charge >= 0.3 is 0 Å². The van der Waals surface area contributed by atoms with Crippen LogP contribution in [0.25, 0.3) is 10.6 Å². The van der Waals surface area contributed by atoms with Crippen LogP contribution in [0.3, 0.4) is 0 Å². The molecule has 1 saturated heterocycles. The van der Waals surface area contributed by atoms with Crippen LogP contribution in [-0.4, -0.2) is 35.5 Å². The van der Waals surface area contributed by atoms with Gasteiger partial charge in [-0.1, -0.05) is 29.8 Å². The lowest BCUT2D eigenvalue weighted by molar-refractivity contribution is 0.0954. The van der Waals surface area contributed by atoms with Crippen molar-refractivity contribution in [3.63, 3.8) is 0 Å². The van der Waals surface area contributed by atoms with E-state index in [1.165, 1.54) is 12.0 Å². The standard InChI is InChI=1S/C23H26N4OS/c1-17-7-9-18(10-8-17)23-26-19(16-29-23)11-13-25-22(28)20-6-5-12-24-21(20)27-14-3-2-4-15-27/h5-10,12,16H,2-4,11,13-15H2,1H3,(H,25,28). The second kappa shape index (κ2) is 9.18. The van der Waals surface area contributed by atoms with Gasteiger partial charge in [-0.3, -0.25) is 4.79 Å². The van der Waals surface area contributed by atoms with Gasteiger partial charge in [0.15, 0.2) is 0 Å². The summed E-state index contributed by atoms with van der Waals surface area (Å²) in [5, 5.41) is 6.14. The lowest BCUT2D eigenvalue weighted by Gasteiger charge is -2.29. The first-order valence-electron chi connectivity index (χ1n) is 10.2. The molecule has 2 aromatic heterocycles. The molecule has 1 fully saturated rings. The normalized spacial score (nSPS) is 14.0. The fourth-order valence-electron chi connectivity index (χ4n) is 3.58. The minimum atomic E-state index is -0.0624. The third kappa shape index (κ3) is 4.82. The van der Waals surface area contributed by atoms with E-state index in [4.69, 9.17) is 4.98 Å². The number of carbonyl (C=O) groups excluding carboxylic acids is 1. The molecule has 6 heteroatoms. The summed E-state index contributed by atoms with van der Waals surface area (Å²) in [6.07, 6.45) is 6.05. The molecule has 0 unspecified atom stereocenters. The molecule has 29 heavy (non-hydrogen) atoms. The molecule has 1 N–H and O–H groups in total. The van der Waals surface area contributed by atoms with Gasteiger partial charge in [0.25, 0.3) is 5.91 Å². The first kappa shape index (κ1) is 19.6. The van der Waals surface area contributed by atoms with E-state index < -0.39 is 0 Å². The maximum absolute atomic E-state index is 12.8. The first-order valence-corrected chi connectivity index (χ1v) is 11.1. The lowest BCUT2D eigenvalue weighted by atomic mass is 10.1. The molecule has 1 aliphatic rings. The third-order valence-corrected chi connectivity index (χ3v) is 6.14. The molecular formula is C23H26N4OS. The first-order chi connectivity index (χ1) is 14.2. The number of aromatic nitrogens is 2. The number of nitrogens with zero attached hydrogens (tertiary/aromatic N) is 3. The van der Waals surface area contributed by atoms with Crippen molar-refractivity contribution in [2.75, 3.05) is 24.5 Å². The maximum Gasteiger partial charge on any atom is 0.255 e. The molecule has 0 aliphatic carbocycles. The van der Waals surface area contributed by atoms with E-state index in [1.807, 2.05) is 12.1 Å². The van der Waals surface area contributed by atoms with Crippen LogP contribution < -0.4 is 10.2 Å². The number of hydrogen-bond donors (Lipinski definition) is 1. The van der Waals surface area contributed by atoms with Crippen LogP contribution in [0, 0.1) is 6.92 Å². The molecule has 0 spiro atoms. The zero-order valence-electron chi connectivity index (χ0n) is 16.7. The van der Waals surface area contributed by atoms with Crippen LogP contribution in [0.1, 0.15) is 40.9 Å². The van der Waals surface area contributed by atoms with Crippen molar-refractivity contribution >= 4 is 23.1 Å². The highest BCUT2D eigenvalue weighted by atomic mass is 32.1. The molecular weight excluding hydrogens is 380 g/mol. The molecule has 1 amide bonds. The van der Waals surface area contributed by atoms with E-state index in [9.17, 15) is 4.79 Å². The minimum absolute atomic E-state index is 0.0624.